The summed E-state index contributed by atoms with van der Waals surface area (Å²) in [4.78, 5) is 23.6. The van der Waals surface area contributed by atoms with Crippen LogP contribution in [0.2, 0.25) is 0 Å². The average molecular weight is 317 g/mol. The number of hydrogen-bond donors (Lipinski definition) is 1. The molecule has 0 radical (unpaired) electrons. The van der Waals surface area contributed by atoms with Crippen molar-refractivity contribution in [2.75, 3.05) is 6.54 Å². The fourth-order valence-electron chi connectivity index (χ4n) is 1.84. The number of carbonyl (C=O) groups excluding carboxylic acids is 2. The van der Waals surface area contributed by atoms with E-state index in [2.05, 4.69) is 11.9 Å². The Balaban J connectivity index is 2.05. The van der Waals surface area contributed by atoms with Gasteiger partial charge in [-0.2, -0.15) is 0 Å². The van der Waals surface area contributed by atoms with E-state index in [1.165, 1.54) is 37.3 Å². The molecule has 1 N–H and O–H groups in total. The highest BCUT2D eigenvalue weighted by molar-refractivity contribution is 5.90. The van der Waals surface area contributed by atoms with Crippen molar-refractivity contribution in [3.63, 3.8) is 0 Å². The second-order valence-electron chi connectivity index (χ2n) is 4.73. The van der Waals surface area contributed by atoms with E-state index in [9.17, 15) is 14.0 Å². The largest absolute Gasteiger partial charge is 0.449 e. The Hall–Kier alpha value is -2.89. The highest BCUT2D eigenvalue weighted by Crippen LogP contribution is 2.25. The molecule has 120 valence electrons. The Bertz CT molecular complexity index is 723. The molecule has 0 spiro atoms. The van der Waals surface area contributed by atoms with Gasteiger partial charge >= 0.3 is 5.97 Å². The molecule has 0 aliphatic carbocycles. The van der Waals surface area contributed by atoms with E-state index in [1.54, 1.807) is 12.1 Å². The molecular weight excluding hydrogens is 301 g/mol. The highest BCUT2D eigenvalue weighted by atomic mass is 19.1. The molecule has 0 saturated carbocycles. The van der Waals surface area contributed by atoms with Gasteiger partial charge in [0, 0.05) is 6.54 Å². The first-order chi connectivity index (χ1) is 11.0. The molecular formula is C17H16FNO4. The maximum atomic E-state index is 13.7. The zero-order valence-corrected chi connectivity index (χ0v) is 12.5. The molecule has 0 bridgehead atoms. The lowest BCUT2D eigenvalue weighted by Gasteiger charge is -2.11. The summed E-state index contributed by atoms with van der Waals surface area (Å²) in [5.74, 6) is -1.60. The first-order valence-electron chi connectivity index (χ1n) is 6.97. The third-order valence-corrected chi connectivity index (χ3v) is 3.02. The van der Waals surface area contributed by atoms with E-state index in [-0.39, 0.29) is 23.6 Å². The molecule has 2 rings (SSSR count). The van der Waals surface area contributed by atoms with Crippen LogP contribution in [0.25, 0.3) is 11.3 Å². The molecule has 1 heterocycles. The maximum absolute atomic E-state index is 13.7. The standard InChI is InChI=1S/C17H16FNO4/c1-3-10-19-16(20)11(2)22-17(21)15-9-8-14(23-15)12-6-4-5-7-13(12)18/h3-9,11H,1,10H2,2H3,(H,19,20)/t11-/m0/s1. The van der Waals surface area contributed by atoms with Crippen molar-refractivity contribution in [2.24, 2.45) is 0 Å². The number of amides is 1. The summed E-state index contributed by atoms with van der Waals surface area (Å²) in [6.45, 7) is 5.19. The van der Waals surface area contributed by atoms with Crippen molar-refractivity contribution in [1.82, 2.24) is 5.32 Å². The monoisotopic (exact) mass is 317 g/mol. The minimum absolute atomic E-state index is 0.105. The Morgan fingerprint density at radius 1 is 1.35 bits per heavy atom. The number of furan rings is 1. The van der Waals surface area contributed by atoms with Crippen molar-refractivity contribution in [3.05, 3.63) is 60.6 Å². The minimum atomic E-state index is -0.982. The Morgan fingerprint density at radius 2 is 2.09 bits per heavy atom. The zero-order chi connectivity index (χ0) is 16.8. The van der Waals surface area contributed by atoms with Gasteiger partial charge in [-0.05, 0) is 31.2 Å². The number of esters is 1. The molecule has 0 aliphatic rings. The number of nitrogens with one attached hydrogen (secondary N) is 1. The van der Waals surface area contributed by atoms with E-state index >= 15 is 0 Å². The van der Waals surface area contributed by atoms with Gasteiger partial charge in [0.1, 0.15) is 11.6 Å². The van der Waals surface area contributed by atoms with Crippen LogP contribution in [-0.2, 0) is 9.53 Å². The number of carbonyl (C=O) groups is 2. The molecule has 6 heteroatoms. The molecule has 0 aliphatic heterocycles. The molecule has 5 nitrogen and oxygen atoms in total. The van der Waals surface area contributed by atoms with Crippen LogP contribution in [0.5, 0.6) is 0 Å². The van der Waals surface area contributed by atoms with Gasteiger partial charge in [0.25, 0.3) is 5.91 Å². The van der Waals surface area contributed by atoms with Crippen LogP contribution in [0, 0.1) is 5.82 Å². The molecule has 1 aromatic carbocycles. The molecule has 1 amide bonds. The lowest BCUT2D eigenvalue weighted by Crippen LogP contribution is -2.35. The number of ether oxygens (including phenoxy) is 1. The van der Waals surface area contributed by atoms with Gasteiger partial charge in [-0.3, -0.25) is 4.79 Å². The summed E-state index contributed by atoms with van der Waals surface area (Å²) in [6.07, 6.45) is 0.532. The number of hydrogen-bond acceptors (Lipinski definition) is 4. The van der Waals surface area contributed by atoms with Gasteiger partial charge in [-0.1, -0.05) is 18.2 Å². The average Bonchev–Trinajstić information content (AvgIpc) is 3.02. The molecule has 23 heavy (non-hydrogen) atoms. The second-order valence-corrected chi connectivity index (χ2v) is 4.73. The van der Waals surface area contributed by atoms with Gasteiger partial charge in [0.2, 0.25) is 5.76 Å². The topological polar surface area (TPSA) is 68.5 Å². The van der Waals surface area contributed by atoms with Crippen LogP contribution in [0.3, 0.4) is 0 Å². The molecule has 1 aromatic heterocycles. The molecule has 0 fully saturated rings. The SMILES string of the molecule is C=CCNC(=O)[C@H](C)OC(=O)c1ccc(-c2ccccc2F)o1. The van der Waals surface area contributed by atoms with E-state index in [0.717, 1.165) is 0 Å². The molecule has 0 saturated heterocycles. The highest BCUT2D eigenvalue weighted by Gasteiger charge is 2.21. The Labute approximate surface area is 132 Å². The molecule has 1 atom stereocenters. The normalized spacial score (nSPS) is 11.6. The van der Waals surface area contributed by atoms with Crippen LogP contribution < -0.4 is 5.32 Å². The first-order valence-corrected chi connectivity index (χ1v) is 6.97. The summed E-state index contributed by atoms with van der Waals surface area (Å²) >= 11 is 0. The third kappa shape index (κ3) is 4.06. The predicted molar refractivity (Wildman–Crippen MR) is 82.2 cm³/mol. The van der Waals surface area contributed by atoms with Crippen LogP contribution in [0.1, 0.15) is 17.5 Å². The predicted octanol–water partition coefficient (Wildman–Crippen LogP) is 2.93. The van der Waals surface area contributed by atoms with E-state index in [1.807, 2.05) is 0 Å². The fraction of sp³-hybridized carbons (Fsp3) is 0.176. The van der Waals surface area contributed by atoms with Crippen LogP contribution in [0.4, 0.5) is 4.39 Å². The lowest BCUT2D eigenvalue weighted by molar-refractivity contribution is -0.128. The van der Waals surface area contributed by atoms with Gasteiger partial charge in [0.15, 0.2) is 6.10 Å². The Kier molecular flexibility index (Phi) is 5.30. The maximum Gasteiger partial charge on any atom is 0.375 e. The van der Waals surface area contributed by atoms with Crippen molar-refractivity contribution < 1.29 is 23.1 Å². The van der Waals surface area contributed by atoms with E-state index in [4.69, 9.17) is 9.15 Å². The van der Waals surface area contributed by atoms with Crippen molar-refractivity contribution >= 4 is 11.9 Å². The van der Waals surface area contributed by atoms with Gasteiger partial charge in [-0.25, -0.2) is 9.18 Å². The van der Waals surface area contributed by atoms with Crippen molar-refractivity contribution in [1.29, 1.82) is 0 Å². The summed E-state index contributed by atoms with van der Waals surface area (Å²) in [6, 6.07) is 8.89. The van der Waals surface area contributed by atoms with Gasteiger partial charge < -0.3 is 14.5 Å². The van der Waals surface area contributed by atoms with Crippen molar-refractivity contribution in [3.8, 4) is 11.3 Å². The minimum Gasteiger partial charge on any atom is -0.449 e. The first kappa shape index (κ1) is 16.5. The molecule has 0 unspecified atom stereocenters. The van der Waals surface area contributed by atoms with Crippen molar-refractivity contribution in [2.45, 2.75) is 13.0 Å². The van der Waals surface area contributed by atoms with Crippen LogP contribution >= 0.6 is 0 Å². The summed E-state index contributed by atoms with van der Waals surface area (Å²) in [5, 5.41) is 2.51. The summed E-state index contributed by atoms with van der Waals surface area (Å²) < 4.78 is 24.0. The zero-order valence-electron chi connectivity index (χ0n) is 12.5. The lowest BCUT2D eigenvalue weighted by atomic mass is 10.1. The fourth-order valence-corrected chi connectivity index (χ4v) is 1.84. The van der Waals surface area contributed by atoms with Crippen LogP contribution in [0.15, 0.2) is 53.5 Å². The van der Waals surface area contributed by atoms with Gasteiger partial charge in [-0.15, -0.1) is 6.58 Å². The van der Waals surface area contributed by atoms with E-state index in [0.29, 0.717) is 0 Å². The van der Waals surface area contributed by atoms with E-state index < -0.39 is 23.8 Å². The molecule has 2 aromatic rings. The second kappa shape index (κ2) is 7.40. The van der Waals surface area contributed by atoms with Crippen LogP contribution in [-0.4, -0.2) is 24.5 Å². The quantitative estimate of drug-likeness (QED) is 0.657. The Morgan fingerprint density at radius 3 is 2.78 bits per heavy atom. The number of rotatable bonds is 6. The third-order valence-electron chi connectivity index (χ3n) is 3.02. The number of halogens is 1. The number of benzene rings is 1. The van der Waals surface area contributed by atoms with Gasteiger partial charge in [0.05, 0.1) is 5.56 Å². The smallest absolute Gasteiger partial charge is 0.375 e. The summed E-state index contributed by atoms with van der Waals surface area (Å²) in [5.41, 5.74) is 0.239. The summed E-state index contributed by atoms with van der Waals surface area (Å²) in [7, 11) is 0.